The number of carbonyl (C=O) groups is 1. The maximum absolute atomic E-state index is 14.3. The van der Waals surface area contributed by atoms with Gasteiger partial charge in [0.1, 0.15) is 5.82 Å². The summed E-state index contributed by atoms with van der Waals surface area (Å²) in [5.74, 6) is -0.637. The van der Waals surface area contributed by atoms with Crippen LogP contribution in [0.25, 0.3) is 10.9 Å². The van der Waals surface area contributed by atoms with Gasteiger partial charge in [-0.25, -0.2) is 4.39 Å². The van der Waals surface area contributed by atoms with Gasteiger partial charge in [0.15, 0.2) is 0 Å². The first-order valence-corrected chi connectivity index (χ1v) is 12.8. The topological polar surface area (TPSA) is 34.0 Å². The molecule has 0 bridgehead atoms. The number of aromatic nitrogens is 1. The number of nitrogens with one attached hydrogen (secondary N) is 1. The lowest BCUT2D eigenvalue weighted by Crippen LogP contribution is -2.31. The maximum Gasteiger partial charge on any atom is 0.221 e. The second kappa shape index (κ2) is 11.3. The molecule has 0 fully saturated rings. The molecule has 0 aliphatic rings. The lowest BCUT2D eigenvalue weighted by molar-refractivity contribution is -0.122. The molecule has 5 rings (SSSR count). The molecule has 0 saturated carbocycles. The van der Waals surface area contributed by atoms with Gasteiger partial charge in [0, 0.05) is 36.0 Å². The fourth-order valence-electron chi connectivity index (χ4n) is 5.17. The van der Waals surface area contributed by atoms with Gasteiger partial charge in [0.2, 0.25) is 5.91 Å². The highest BCUT2D eigenvalue weighted by atomic mass is 19.1. The zero-order chi connectivity index (χ0) is 25.6. The number of nitrogens with zero attached hydrogens (tertiary/aromatic N) is 1. The van der Waals surface area contributed by atoms with Crippen LogP contribution in [0.15, 0.2) is 115 Å². The van der Waals surface area contributed by atoms with E-state index in [-0.39, 0.29) is 30.1 Å². The van der Waals surface area contributed by atoms with Crippen LogP contribution in [0.4, 0.5) is 4.39 Å². The number of benzene rings is 4. The van der Waals surface area contributed by atoms with Crippen LogP contribution >= 0.6 is 0 Å². The molecular weight excluding hydrogens is 459 g/mol. The monoisotopic (exact) mass is 490 g/mol. The summed E-state index contributed by atoms with van der Waals surface area (Å²) in [7, 11) is 0. The Hall–Kier alpha value is -4.18. The number of rotatable bonds is 9. The molecule has 0 radical (unpaired) electrons. The van der Waals surface area contributed by atoms with Gasteiger partial charge in [-0.3, -0.25) is 4.79 Å². The van der Waals surface area contributed by atoms with Crippen LogP contribution in [-0.2, 0) is 17.8 Å². The number of para-hydroxylation sites is 1. The highest BCUT2D eigenvalue weighted by molar-refractivity contribution is 5.86. The molecule has 1 N–H and O–H groups in total. The van der Waals surface area contributed by atoms with E-state index in [4.69, 9.17) is 0 Å². The van der Waals surface area contributed by atoms with Crippen LogP contribution in [0.1, 0.15) is 47.6 Å². The molecular formula is C33H31FN2O. The Morgan fingerprint density at radius 3 is 2.24 bits per heavy atom. The Bertz CT molecular complexity index is 1480. The first kappa shape index (κ1) is 24.5. The molecule has 1 amide bonds. The second-order valence-corrected chi connectivity index (χ2v) is 9.42. The number of hydrogen-bond donors (Lipinski definition) is 1. The molecule has 4 aromatic carbocycles. The first-order valence-electron chi connectivity index (χ1n) is 12.8. The van der Waals surface area contributed by atoms with Crippen molar-refractivity contribution in [3.63, 3.8) is 0 Å². The number of fused-ring (bicyclic) bond motifs is 1. The van der Waals surface area contributed by atoms with Crippen molar-refractivity contribution in [2.24, 2.45) is 0 Å². The minimum Gasteiger partial charge on any atom is -0.349 e. The summed E-state index contributed by atoms with van der Waals surface area (Å²) in [6.45, 7) is 2.92. The summed E-state index contributed by atoms with van der Waals surface area (Å²) < 4.78 is 16.5. The summed E-state index contributed by atoms with van der Waals surface area (Å²) in [4.78, 5) is 13.7. The SMILES string of the molecule is CCn1cc([C@H](CC(=O)N[C@@H](Cc2ccccc2)c2ccccc2)c2cccc(F)c2)c2ccccc21. The Labute approximate surface area is 217 Å². The lowest BCUT2D eigenvalue weighted by Gasteiger charge is -2.22. The largest absolute Gasteiger partial charge is 0.349 e. The third kappa shape index (κ3) is 5.64. The molecule has 0 aliphatic carbocycles. The normalized spacial score (nSPS) is 12.8. The smallest absolute Gasteiger partial charge is 0.221 e. The number of halogens is 1. The van der Waals surface area contributed by atoms with E-state index in [0.29, 0.717) is 6.42 Å². The van der Waals surface area contributed by atoms with Crippen LogP contribution in [-0.4, -0.2) is 10.5 Å². The Balaban J connectivity index is 1.48. The van der Waals surface area contributed by atoms with E-state index in [0.717, 1.165) is 39.7 Å². The van der Waals surface area contributed by atoms with E-state index in [1.807, 2.05) is 66.7 Å². The van der Waals surface area contributed by atoms with Gasteiger partial charge < -0.3 is 9.88 Å². The Morgan fingerprint density at radius 2 is 1.51 bits per heavy atom. The molecule has 3 nitrogen and oxygen atoms in total. The van der Waals surface area contributed by atoms with Gasteiger partial charge in [0.05, 0.1) is 6.04 Å². The summed E-state index contributed by atoms with van der Waals surface area (Å²) in [6.07, 6.45) is 3.03. The van der Waals surface area contributed by atoms with Crippen molar-refractivity contribution in [3.05, 3.63) is 143 Å². The van der Waals surface area contributed by atoms with Crippen molar-refractivity contribution < 1.29 is 9.18 Å². The quantitative estimate of drug-likeness (QED) is 0.229. The van der Waals surface area contributed by atoms with Gasteiger partial charge in [-0.1, -0.05) is 91.0 Å². The van der Waals surface area contributed by atoms with E-state index in [1.165, 1.54) is 6.07 Å². The first-order chi connectivity index (χ1) is 18.1. The molecule has 37 heavy (non-hydrogen) atoms. The van der Waals surface area contributed by atoms with Crippen LogP contribution in [0.3, 0.4) is 0 Å². The molecule has 1 aromatic heterocycles. The number of amides is 1. The summed E-state index contributed by atoms with van der Waals surface area (Å²) >= 11 is 0. The zero-order valence-electron chi connectivity index (χ0n) is 21.0. The molecule has 5 aromatic rings. The van der Waals surface area contributed by atoms with Gasteiger partial charge >= 0.3 is 0 Å². The molecule has 0 aliphatic heterocycles. The number of aryl methyl sites for hydroxylation is 1. The van der Waals surface area contributed by atoms with E-state index >= 15 is 0 Å². The number of hydrogen-bond acceptors (Lipinski definition) is 1. The van der Waals surface area contributed by atoms with Crippen molar-refractivity contribution in [2.45, 2.75) is 38.3 Å². The molecule has 0 saturated heterocycles. The number of carbonyl (C=O) groups excluding carboxylic acids is 1. The molecule has 1 heterocycles. The van der Waals surface area contributed by atoms with Gasteiger partial charge in [-0.05, 0) is 53.8 Å². The zero-order valence-corrected chi connectivity index (χ0v) is 21.0. The van der Waals surface area contributed by atoms with Crippen molar-refractivity contribution in [1.82, 2.24) is 9.88 Å². The minimum absolute atomic E-state index is 0.0626. The van der Waals surface area contributed by atoms with Crippen LogP contribution in [0, 0.1) is 5.82 Å². The molecule has 0 unspecified atom stereocenters. The fourth-order valence-corrected chi connectivity index (χ4v) is 5.17. The summed E-state index contributed by atoms with van der Waals surface area (Å²) in [5, 5.41) is 4.39. The van der Waals surface area contributed by atoms with Crippen molar-refractivity contribution in [2.75, 3.05) is 0 Å². The molecule has 186 valence electrons. The van der Waals surface area contributed by atoms with E-state index in [1.54, 1.807) is 12.1 Å². The summed E-state index contributed by atoms with van der Waals surface area (Å²) in [5.41, 5.74) is 5.17. The molecule has 2 atom stereocenters. The third-order valence-corrected chi connectivity index (χ3v) is 7.00. The average molecular weight is 491 g/mol. The Morgan fingerprint density at radius 1 is 0.838 bits per heavy atom. The van der Waals surface area contributed by atoms with Gasteiger partial charge in [-0.15, -0.1) is 0 Å². The average Bonchev–Trinajstić information content (AvgIpc) is 3.31. The molecule has 0 spiro atoms. The lowest BCUT2D eigenvalue weighted by atomic mass is 9.87. The maximum atomic E-state index is 14.3. The minimum atomic E-state index is -0.298. The van der Waals surface area contributed by atoms with Crippen LogP contribution < -0.4 is 5.32 Å². The second-order valence-electron chi connectivity index (χ2n) is 9.42. The highest BCUT2D eigenvalue weighted by Crippen LogP contribution is 2.35. The highest BCUT2D eigenvalue weighted by Gasteiger charge is 2.25. The predicted molar refractivity (Wildman–Crippen MR) is 148 cm³/mol. The predicted octanol–water partition coefficient (Wildman–Crippen LogP) is 7.42. The van der Waals surface area contributed by atoms with E-state index < -0.39 is 0 Å². The van der Waals surface area contributed by atoms with Crippen molar-refractivity contribution >= 4 is 16.8 Å². The molecule has 4 heteroatoms. The van der Waals surface area contributed by atoms with Crippen LogP contribution in [0.5, 0.6) is 0 Å². The van der Waals surface area contributed by atoms with Crippen LogP contribution in [0.2, 0.25) is 0 Å². The Kier molecular flexibility index (Phi) is 7.46. The van der Waals surface area contributed by atoms with Crippen molar-refractivity contribution in [1.29, 1.82) is 0 Å². The third-order valence-electron chi connectivity index (χ3n) is 7.00. The van der Waals surface area contributed by atoms with E-state index in [9.17, 15) is 9.18 Å². The fraction of sp³-hybridized carbons (Fsp3) is 0.182. The van der Waals surface area contributed by atoms with Gasteiger partial charge in [-0.2, -0.15) is 0 Å². The summed E-state index contributed by atoms with van der Waals surface area (Å²) in [6, 6.07) is 34.9. The van der Waals surface area contributed by atoms with E-state index in [2.05, 4.69) is 47.3 Å². The van der Waals surface area contributed by atoms with Gasteiger partial charge in [0.25, 0.3) is 0 Å². The van der Waals surface area contributed by atoms with Crippen molar-refractivity contribution in [3.8, 4) is 0 Å². The standard InChI is InChI=1S/C33H31FN2O/c1-2-36-23-30(28-18-9-10-19-32(28)36)29(26-16-11-17-27(34)21-26)22-33(37)35-31(25-14-7-4-8-15-25)20-24-12-5-3-6-13-24/h3-19,21,23,29,31H,2,20,22H2,1H3,(H,35,37)/t29-,31+/m1/s1.